The van der Waals surface area contributed by atoms with Crippen molar-refractivity contribution in [1.82, 2.24) is 4.98 Å². The first-order chi connectivity index (χ1) is 17.2. The summed E-state index contributed by atoms with van der Waals surface area (Å²) in [6.45, 7) is 2.16. The molecule has 0 bridgehead atoms. The molecule has 0 spiro atoms. The van der Waals surface area contributed by atoms with E-state index in [9.17, 15) is 9.59 Å². The third-order valence-electron chi connectivity index (χ3n) is 5.57. The lowest BCUT2D eigenvalue weighted by atomic mass is 10.1. The van der Waals surface area contributed by atoms with E-state index in [1.54, 1.807) is 12.1 Å². The first-order valence-electron chi connectivity index (χ1n) is 13.2. The molecule has 0 saturated heterocycles. The number of H-pyrrole nitrogens is 1. The van der Waals surface area contributed by atoms with Gasteiger partial charge in [-0.2, -0.15) is 0 Å². The maximum absolute atomic E-state index is 12.2. The fourth-order valence-corrected chi connectivity index (χ4v) is 3.54. The van der Waals surface area contributed by atoms with E-state index in [1.807, 2.05) is 0 Å². The van der Waals surface area contributed by atoms with Gasteiger partial charge in [0.05, 0.1) is 12.8 Å². The number of rotatable bonds is 20. The molecule has 1 heterocycles. The Kier molecular flexibility index (Phi) is 18.6. The van der Waals surface area contributed by atoms with Crippen LogP contribution < -0.4 is 0 Å². The van der Waals surface area contributed by atoms with Gasteiger partial charge in [0, 0.05) is 6.42 Å². The molecule has 0 amide bonds. The van der Waals surface area contributed by atoms with Crippen molar-refractivity contribution in [2.45, 2.75) is 90.4 Å². The summed E-state index contributed by atoms with van der Waals surface area (Å²) in [4.78, 5) is 26.4. The third-order valence-corrected chi connectivity index (χ3v) is 5.57. The number of nitrogens with one attached hydrogen (secondary N) is 1. The van der Waals surface area contributed by atoms with Crippen LogP contribution in [0.15, 0.2) is 72.9 Å². The minimum Gasteiger partial charge on any atom is -0.464 e. The van der Waals surface area contributed by atoms with Crippen LogP contribution in [0.4, 0.5) is 0 Å². The lowest BCUT2D eigenvalue weighted by Crippen LogP contribution is -2.04. The number of hydrogen-bond acceptors (Lipinski definition) is 3. The average molecular weight is 480 g/mol. The Labute approximate surface area is 212 Å². The Balaban J connectivity index is 1.93. The van der Waals surface area contributed by atoms with Gasteiger partial charge in [-0.1, -0.05) is 93.4 Å². The number of ether oxygens (including phenoxy) is 1. The maximum atomic E-state index is 12.2. The number of ketones is 1. The Hall–Kier alpha value is -2.88. The van der Waals surface area contributed by atoms with Crippen molar-refractivity contribution in [3.8, 4) is 0 Å². The predicted octanol–water partition coefficient (Wildman–Crippen LogP) is 8.86. The highest BCUT2D eigenvalue weighted by Crippen LogP contribution is 2.12. The standard InChI is InChI=1S/C31H45NO3/c1-3-4-5-6-7-8-9-10-11-12-13-14-15-16-17-18-19-20-21-22-23-24-25-30(33)28-26-27-29(32-28)31(34)35-2/h4-5,7-8,10-11,13-14,16-17,26-27,32H,3,6,9,12,15,18-25H2,1-2H3/b5-4-,8-7-,11-10-,14-13-,17-16-. The fourth-order valence-electron chi connectivity index (χ4n) is 3.54. The third kappa shape index (κ3) is 16.4. The van der Waals surface area contributed by atoms with Gasteiger partial charge in [0.15, 0.2) is 5.78 Å². The summed E-state index contributed by atoms with van der Waals surface area (Å²) >= 11 is 0. The molecule has 1 N–H and O–H groups in total. The number of methoxy groups -OCH3 is 1. The van der Waals surface area contributed by atoms with Gasteiger partial charge in [0.1, 0.15) is 5.69 Å². The molecule has 0 aliphatic heterocycles. The smallest absolute Gasteiger partial charge is 0.354 e. The largest absolute Gasteiger partial charge is 0.464 e. The molecule has 0 unspecified atom stereocenters. The van der Waals surface area contributed by atoms with E-state index in [0.29, 0.717) is 17.8 Å². The Morgan fingerprint density at radius 2 is 1.17 bits per heavy atom. The number of unbranched alkanes of at least 4 members (excludes halogenated alkanes) is 6. The second kappa shape index (κ2) is 21.6. The van der Waals surface area contributed by atoms with Gasteiger partial charge in [-0.25, -0.2) is 4.79 Å². The number of hydrogen-bond donors (Lipinski definition) is 1. The number of aromatic nitrogens is 1. The number of carbonyl (C=O) groups is 2. The van der Waals surface area contributed by atoms with Crippen molar-refractivity contribution in [1.29, 1.82) is 0 Å². The van der Waals surface area contributed by atoms with E-state index in [2.05, 4.69) is 77.4 Å². The van der Waals surface area contributed by atoms with E-state index in [4.69, 9.17) is 0 Å². The monoisotopic (exact) mass is 479 g/mol. The van der Waals surface area contributed by atoms with Crippen LogP contribution in [0.1, 0.15) is 111 Å². The summed E-state index contributed by atoms with van der Waals surface area (Å²) in [5.74, 6) is -0.396. The minimum atomic E-state index is -0.450. The lowest BCUT2D eigenvalue weighted by Gasteiger charge is -2.01. The number of carbonyl (C=O) groups excluding carboxylic acids is 2. The topological polar surface area (TPSA) is 59.2 Å². The van der Waals surface area contributed by atoms with Crippen LogP contribution in [-0.4, -0.2) is 23.8 Å². The quantitative estimate of drug-likeness (QED) is 0.0879. The van der Waals surface area contributed by atoms with Gasteiger partial charge >= 0.3 is 5.97 Å². The van der Waals surface area contributed by atoms with Gasteiger partial charge < -0.3 is 9.72 Å². The highest BCUT2D eigenvalue weighted by Gasteiger charge is 2.12. The van der Waals surface area contributed by atoms with Crippen molar-refractivity contribution < 1.29 is 14.3 Å². The summed E-state index contributed by atoms with van der Waals surface area (Å²) in [7, 11) is 1.33. The van der Waals surface area contributed by atoms with E-state index in [-0.39, 0.29) is 5.78 Å². The normalized spacial score (nSPS) is 12.3. The van der Waals surface area contributed by atoms with Crippen molar-refractivity contribution in [3.63, 3.8) is 0 Å². The zero-order valence-corrected chi connectivity index (χ0v) is 21.8. The van der Waals surface area contributed by atoms with Crippen molar-refractivity contribution in [3.05, 3.63) is 84.3 Å². The van der Waals surface area contributed by atoms with Gasteiger partial charge in [-0.05, 0) is 63.5 Å². The minimum absolute atomic E-state index is 0.0542. The molecule has 1 aromatic heterocycles. The van der Waals surface area contributed by atoms with E-state index in [1.165, 1.54) is 26.4 Å². The van der Waals surface area contributed by atoms with E-state index < -0.39 is 5.97 Å². The molecule has 1 aromatic rings. The van der Waals surface area contributed by atoms with Crippen LogP contribution in [0.3, 0.4) is 0 Å². The molecule has 4 heteroatoms. The number of allylic oxidation sites excluding steroid dienone is 10. The predicted molar refractivity (Wildman–Crippen MR) is 148 cm³/mol. The summed E-state index contributed by atoms with van der Waals surface area (Å²) in [6, 6.07) is 3.25. The molecule has 0 atom stereocenters. The summed E-state index contributed by atoms with van der Waals surface area (Å²) in [5, 5.41) is 0. The lowest BCUT2D eigenvalue weighted by molar-refractivity contribution is 0.0595. The first kappa shape index (κ1) is 30.2. The van der Waals surface area contributed by atoms with Crippen LogP contribution >= 0.6 is 0 Å². The Bertz CT molecular complexity index is 839. The van der Waals surface area contributed by atoms with E-state index in [0.717, 1.165) is 57.8 Å². The van der Waals surface area contributed by atoms with Gasteiger partial charge in [-0.3, -0.25) is 4.79 Å². The van der Waals surface area contributed by atoms with Crippen molar-refractivity contribution >= 4 is 11.8 Å². The van der Waals surface area contributed by atoms with Crippen molar-refractivity contribution in [2.75, 3.05) is 7.11 Å². The summed E-state index contributed by atoms with van der Waals surface area (Å²) < 4.78 is 4.65. The van der Waals surface area contributed by atoms with Crippen LogP contribution in [0.25, 0.3) is 0 Å². The highest BCUT2D eigenvalue weighted by atomic mass is 16.5. The molecule has 4 nitrogen and oxygen atoms in total. The van der Waals surface area contributed by atoms with Gasteiger partial charge in [0.25, 0.3) is 0 Å². The number of Topliss-reactive ketones (excluding diaryl/α,β-unsaturated/α-hetero) is 1. The summed E-state index contributed by atoms with van der Waals surface area (Å²) in [6.07, 6.45) is 35.9. The fraction of sp³-hybridized carbons (Fsp3) is 0.484. The van der Waals surface area contributed by atoms with Crippen LogP contribution in [0.2, 0.25) is 0 Å². The molecule has 0 saturated carbocycles. The number of aromatic amines is 1. The van der Waals surface area contributed by atoms with Gasteiger partial charge in [-0.15, -0.1) is 0 Å². The molecular weight excluding hydrogens is 434 g/mol. The average Bonchev–Trinajstić information content (AvgIpc) is 3.37. The van der Waals surface area contributed by atoms with Crippen LogP contribution in [0, 0.1) is 0 Å². The molecular formula is C31H45NO3. The van der Waals surface area contributed by atoms with Crippen LogP contribution in [-0.2, 0) is 4.74 Å². The summed E-state index contributed by atoms with van der Waals surface area (Å²) in [5.41, 5.74) is 0.811. The second-order valence-corrected chi connectivity index (χ2v) is 8.57. The molecule has 0 aliphatic rings. The molecule has 192 valence electrons. The highest BCUT2D eigenvalue weighted by molar-refractivity contribution is 5.96. The Morgan fingerprint density at radius 1 is 0.686 bits per heavy atom. The molecule has 1 rings (SSSR count). The molecule has 0 radical (unpaired) electrons. The molecule has 35 heavy (non-hydrogen) atoms. The Morgan fingerprint density at radius 3 is 1.74 bits per heavy atom. The molecule has 0 aliphatic carbocycles. The number of esters is 1. The first-order valence-corrected chi connectivity index (χ1v) is 13.2. The van der Waals surface area contributed by atoms with Gasteiger partial charge in [0.2, 0.25) is 0 Å². The van der Waals surface area contributed by atoms with E-state index >= 15 is 0 Å². The zero-order valence-electron chi connectivity index (χ0n) is 21.8. The van der Waals surface area contributed by atoms with Crippen LogP contribution in [0.5, 0.6) is 0 Å². The zero-order chi connectivity index (χ0) is 25.4. The van der Waals surface area contributed by atoms with Crippen molar-refractivity contribution in [2.24, 2.45) is 0 Å². The molecule has 0 aromatic carbocycles. The molecule has 0 fully saturated rings. The second-order valence-electron chi connectivity index (χ2n) is 8.57. The SMILES string of the molecule is CC/C=C\C/C=C\C/C=C\C/C=C\C/C=C\CCCCCCCCC(=O)c1ccc(C(=O)OC)[nH]1. The maximum Gasteiger partial charge on any atom is 0.354 e.